The van der Waals surface area contributed by atoms with Crippen molar-refractivity contribution in [3.63, 3.8) is 0 Å². The van der Waals surface area contributed by atoms with E-state index in [9.17, 15) is 0 Å². The predicted octanol–water partition coefficient (Wildman–Crippen LogP) is 2.30. The Labute approximate surface area is 71.5 Å². The van der Waals surface area contributed by atoms with Crippen LogP contribution in [0.4, 0.5) is 0 Å². The number of hydrogen-bond acceptors (Lipinski definition) is 0. The first-order valence-electron chi connectivity index (χ1n) is 3.13. The van der Waals surface area contributed by atoms with Crippen molar-refractivity contribution in [2.24, 2.45) is 0 Å². The van der Waals surface area contributed by atoms with E-state index in [0.29, 0.717) is 0 Å². The van der Waals surface area contributed by atoms with Crippen molar-refractivity contribution < 1.29 is 0 Å². The molecule has 54 valence electrons. The molecule has 1 aromatic carbocycles. The van der Waals surface area contributed by atoms with Gasteiger partial charge in [-0.3, -0.25) is 0 Å². The van der Waals surface area contributed by atoms with Crippen LogP contribution < -0.4 is 4.35 Å². The molecule has 0 amide bonds. The molecule has 0 nitrogen and oxygen atoms in total. The first-order chi connectivity index (χ1) is 4.72. The molecular weight excluding hydrogens is 206 g/mol. The number of halogens is 1. The van der Waals surface area contributed by atoms with Crippen molar-refractivity contribution in [2.75, 3.05) is 0 Å². The molecule has 0 aliphatic carbocycles. The molecule has 0 fully saturated rings. The SMILES string of the molecule is C[As](C)c1ccccc1Cl. The van der Waals surface area contributed by atoms with Crippen molar-refractivity contribution in [1.29, 1.82) is 0 Å². The Bertz CT molecular complexity index is 220. The van der Waals surface area contributed by atoms with Gasteiger partial charge >= 0.3 is 71.3 Å². The number of hydrogen-bond donors (Lipinski definition) is 0. The molecule has 0 aliphatic heterocycles. The monoisotopic (exact) mass is 216 g/mol. The fraction of sp³-hybridized carbons (Fsp3) is 0.250. The third kappa shape index (κ3) is 1.78. The maximum absolute atomic E-state index is 5.96. The van der Waals surface area contributed by atoms with Crippen molar-refractivity contribution in [3.05, 3.63) is 29.3 Å². The van der Waals surface area contributed by atoms with Gasteiger partial charge in [0.05, 0.1) is 0 Å². The molecule has 10 heavy (non-hydrogen) atoms. The van der Waals surface area contributed by atoms with Crippen molar-refractivity contribution >= 4 is 30.6 Å². The first-order valence-corrected chi connectivity index (χ1v) is 8.20. The normalized spacial score (nSPS) is 10.4. The van der Waals surface area contributed by atoms with E-state index in [1.54, 1.807) is 0 Å². The second-order valence-corrected chi connectivity index (χ2v) is 7.52. The average Bonchev–Trinajstić information content (AvgIpc) is 1.88. The van der Waals surface area contributed by atoms with Gasteiger partial charge in [0, 0.05) is 0 Å². The van der Waals surface area contributed by atoms with Crippen LogP contribution in [0.25, 0.3) is 0 Å². The second-order valence-electron chi connectivity index (χ2n) is 2.35. The standard InChI is InChI=1S/C8H10AsCl/c1-9(2)7-5-3-4-6-8(7)10/h3-6H,1-2H3. The average molecular weight is 217 g/mol. The fourth-order valence-electron chi connectivity index (χ4n) is 0.814. The molecule has 1 rings (SSSR count). The molecule has 0 saturated carbocycles. The molecular formula is C8H10AsCl. The van der Waals surface area contributed by atoms with E-state index in [0.717, 1.165) is 5.02 Å². The minimum absolute atomic E-state index is 0.761. The van der Waals surface area contributed by atoms with Crippen LogP contribution >= 0.6 is 11.6 Å². The summed E-state index contributed by atoms with van der Waals surface area (Å²) in [6.45, 7) is 0. The molecule has 0 unspecified atom stereocenters. The van der Waals surface area contributed by atoms with Gasteiger partial charge in [-0.25, -0.2) is 0 Å². The van der Waals surface area contributed by atoms with Crippen molar-refractivity contribution in [1.82, 2.24) is 0 Å². The zero-order chi connectivity index (χ0) is 7.56. The Morgan fingerprint density at radius 1 is 1.20 bits per heavy atom. The van der Waals surface area contributed by atoms with Gasteiger partial charge in [0.1, 0.15) is 0 Å². The summed E-state index contributed by atoms with van der Waals surface area (Å²) in [6.07, 6.45) is 0. The van der Waals surface area contributed by atoms with E-state index in [4.69, 9.17) is 11.6 Å². The van der Waals surface area contributed by atoms with Crippen molar-refractivity contribution in [2.45, 2.75) is 11.4 Å². The third-order valence-corrected chi connectivity index (χ3v) is 4.79. The van der Waals surface area contributed by atoms with Crippen LogP contribution in [0.15, 0.2) is 24.3 Å². The van der Waals surface area contributed by atoms with Crippen LogP contribution in [0.1, 0.15) is 0 Å². The van der Waals surface area contributed by atoms with Gasteiger partial charge in [0.25, 0.3) is 0 Å². The van der Waals surface area contributed by atoms with Crippen LogP contribution in [-0.2, 0) is 0 Å². The molecule has 0 aromatic heterocycles. The van der Waals surface area contributed by atoms with Gasteiger partial charge in [-0.05, 0) is 0 Å². The van der Waals surface area contributed by atoms with Gasteiger partial charge in [-0.1, -0.05) is 0 Å². The summed E-state index contributed by atoms with van der Waals surface area (Å²) in [6, 6.07) is 8.12. The van der Waals surface area contributed by atoms with E-state index in [1.807, 2.05) is 12.1 Å². The summed E-state index contributed by atoms with van der Waals surface area (Å²) in [5, 5.41) is 0.938. The van der Waals surface area contributed by atoms with Gasteiger partial charge < -0.3 is 0 Å². The second kappa shape index (κ2) is 3.46. The van der Waals surface area contributed by atoms with Crippen LogP contribution in [0.5, 0.6) is 0 Å². The predicted molar refractivity (Wildman–Crippen MR) is 48.6 cm³/mol. The summed E-state index contributed by atoms with van der Waals surface area (Å²) in [7, 11) is 0. The van der Waals surface area contributed by atoms with E-state index in [1.165, 1.54) is 4.35 Å². The third-order valence-electron chi connectivity index (χ3n) is 1.33. The van der Waals surface area contributed by atoms with E-state index in [-0.39, 0.29) is 0 Å². The first kappa shape index (κ1) is 8.17. The number of rotatable bonds is 1. The van der Waals surface area contributed by atoms with E-state index in [2.05, 4.69) is 23.6 Å². The topological polar surface area (TPSA) is 0 Å². The molecule has 1 aromatic rings. The quantitative estimate of drug-likeness (QED) is 0.632. The van der Waals surface area contributed by atoms with Gasteiger partial charge in [0.2, 0.25) is 0 Å². The molecule has 0 heterocycles. The van der Waals surface area contributed by atoms with E-state index >= 15 is 0 Å². The number of benzene rings is 1. The molecule has 0 atom stereocenters. The molecule has 0 N–H and O–H groups in total. The Morgan fingerprint density at radius 2 is 1.80 bits per heavy atom. The Morgan fingerprint density at radius 3 is 2.20 bits per heavy atom. The Balaban J connectivity index is 3.03. The molecule has 0 spiro atoms. The summed E-state index contributed by atoms with van der Waals surface area (Å²) in [4.78, 5) is 0. The molecule has 0 aliphatic rings. The molecule has 0 bridgehead atoms. The maximum atomic E-state index is 5.96. The van der Waals surface area contributed by atoms with Gasteiger partial charge in [0.15, 0.2) is 0 Å². The molecule has 0 saturated heterocycles. The summed E-state index contributed by atoms with van der Waals surface area (Å²) >= 11 is 5.19. The Hall–Kier alpha value is 0.0684. The molecule has 0 radical (unpaired) electrons. The van der Waals surface area contributed by atoms with Crippen LogP contribution in [-0.4, -0.2) is 14.7 Å². The van der Waals surface area contributed by atoms with Crippen LogP contribution in [0.2, 0.25) is 16.4 Å². The minimum atomic E-state index is -0.761. The Kier molecular flexibility index (Phi) is 2.82. The zero-order valence-corrected chi connectivity index (χ0v) is 8.77. The van der Waals surface area contributed by atoms with Crippen LogP contribution in [0.3, 0.4) is 0 Å². The summed E-state index contributed by atoms with van der Waals surface area (Å²) in [5.74, 6) is 0. The summed E-state index contributed by atoms with van der Waals surface area (Å²) < 4.78 is 1.37. The van der Waals surface area contributed by atoms with Gasteiger partial charge in [-0.15, -0.1) is 0 Å². The van der Waals surface area contributed by atoms with Crippen molar-refractivity contribution in [3.8, 4) is 0 Å². The van der Waals surface area contributed by atoms with Crippen LogP contribution in [0, 0.1) is 0 Å². The van der Waals surface area contributed by atoms with Gasteiger partial charge in [-0.2, -0.15) is 0 Å². The zero-order valence-electron chi connectivity index (χ0n) is 6.13. The van der Waals surface area contributed by atoms with E-state index < -0.39 is 14.7 Å². The fourth-order valence-corrected chi connectivity index (χ4v) is 3.69. The summed E-state index contributed by atoms with van der Waals surface area (Å²) in [5.41, 5.74) is 4.57. The molecule has 2 heteroatoms.